The molecular formula is C24H29NO8S. The number of hydrogen-bond donors (Lipinski definition) is 2. The van der Waals surface area contributed by atoms with Gasteiger partial charge in [-0.05, 0) is 82.7 Å². The second kappa shape index (κ2) is 9.46. The van der Waals surface area contributed by atoms with Gasteiger partial charge < -0.3 is 18.9 Å². The predicted molar refractivity (Wildman–Crippen MR) is 129 cm³/mol. The van der Waals surface area contributed by atoms with Crippen LogP contribution in [0.2, 0.25) is 0 Å². The number of benzene rings is 3. The number of ether oxygens (including phenoxy) is 4. The van der Waals surface area contributed by atoms with Crippen LogP contribution in [0.4, 0.5) is 0 Å². The monoisotopic (exact) mass is 491 g/mol. The van der Waals surface area contributed by atoms with Crippen molar-refractivity contribution in [2.45, 2.75) is 31.8 Å². The molecule has 0 aromatic heterocycles. The average Bonchev–Trinajstić information content (AvgIpc) is 3.27. The van der Waals surface area contributed by atoms with Crippen LogP contribution in [-0.2, 0) is 23.4 Å². The van der Waals surface area contributed by atoms with E-state index in [1.165, 1.54) is 46.7 Å². The zero-order valence-corrected chi connectivity index (χ0v) is 20.4. The lowest BCUT2D eigenvalue weighted by Gasteiger charge is -2.33. The minimum atomic E-state index is -4.67. The van der Waals surface area contributed by atoms with E-state index in [9.17, 15) is 0 Å². The van der Waals surface area contributed by atoms with Gasteiger partial charge in [-0.15, -0.1) is 0 Å². The van der Waals surface area contributed by atoms with Crippen LogP contribution in [-0.4, -0.2) is 63.4 Å². The Balaban J connectivity index is 0.000000499. The molecule has 0 unspecified atom stereocenters. The van der Waals surface area contributed by atoms with E-state index in [4.69, 9.17) is 36.5 Å². The smallest absolute Gasteiger partial charge is 0.394 e. The van der Waals surface area contributed by atoms with Gasteiger partial charge in [0.05, 0.1) is 28.4 Å². The number of hydrogen-bond acceptors (Lipinski definition) is 7. The van der Waals surface area contributed by atoms with Crippen molar-refractivity contribution < 1.29 is 36.5 Å². The molecule has 34 heavy (non-hydrogen) atoms. The highest BCUT2D eigenvalue weighted by molar-refractivity contribution is 7.79. The van der Waals surface area contributed by atoms with Gasteiger partial charge in [-0.25, -0.2) is 0 Å². The van der Waals surface area contributed by atoms with Crippen LogP contribution in [0.3, 0.4) is 0 Å². The lowest BCUT2D eigenvalue weighted by atomic mass is 9.85. The quantitative estimate of drug-likeness (QED) is 0.414. The van der Waals surface area contributed by atoms with E-state index in [0.717, 1.165) is 41.3 Å². The highest BCUT2D eigenvalue weighted by atomic mass is 32.3. The summed E-state index contributed by atoms with van der Waals surface area (Å²) in [6, 6.07) is 9.12. The fourth-order valence-electron chi connectivity index (χ4n) is 5.22. The number of rotatable bonds is 4. The Morgan fingerprint density at radius 1 is 0.765 bits per heavy atom. The fourth-order valence-corrected chi connectivity index (χ4v) is 5.22. The lowest BCUT2D eigenvalue weighted by molar-refractivity contribution is 0.229. The second-order valence-electron chi connectivity index (χ2n) is 8.38. The van der Waals surface area contributed by atoms with Gasteiger partial charge in [0, 0.05) is 12.6 Å². The predicted octanol–water partition coefficient (Wildman–Crippen LogP) is 3.90. The summed E-state index contributed by atoms with van der Waals surface area (Å²) in [7, 11) is 2.10. The second-order valence-corrected chi connectivity index (χ2v) is 9.28. The van der Waals surface area contributed by atoms with Gasteiger partial charge in [-0.2, -0.15) is 8.42 Å². The molecule has 9 nitrogen and oxygen atoms in total. The van der Waals surface area contributed by atoms with E-state index in [0.29, 0.717) is 6.04 Å². The SMILES string of the molecule is COc1cc2c3c(c4cc(OC)c(OC)cc4c2cc1OC)CN1CCC[C@H]1C3.O=S(=O)(O)O. The van der Waals surface area contributed by atoms with Crippen molar-refractivity contribution >= 4 is 31.9 Å². The van der Waals surface area contributed by atoms with Crippen molar-refractivity contribution in [3.63, 3.8) is 0 Å². The van der Waals surface area contributed by atoms with Crippen LogP contribution in [0.25, 0.3) is 21.5 Å². The van der Waals surface area contributed by atoms with Crippen molar-refractivity contribution in [1.82, 2.24) is 4.90 Å². The number of nitrogens with zero attached hydrogens (tertiary/aromatic N) is 1. The van der Waals surface area contributed by atoms with Crippen molar-refractivity contribution in [2.24, 2.45) is 0 Å². The van der Waals surface area contributed by atoms with Crippen molar-refractivity contribution in [1.29, 1.82) is 0 Å². The van der Waals surface area contributed by atoms with Gasteiger partial charge in [0.2, 0.25) is 0 Å². The van der Waals surface area contributed by atoms with E-state index >= 15 is 0 Å². The fraction of sp³-hybridized carbons (Fsp3) is 0.417. The highest BCUT2D eigenvalue weighted by Gasteiger charge is 2.32. The molecule has 2 aliphatic heterocycles. The summed E-state index contributed by atoms with van der Waals surface area (Å²) in [5, 5.41) is 4.82. The summed E-state index contributed by atoms with van der Waals surface area (Å²) in [5.41, 5.74) is 2.84. The topological polar surface area (TPSA) is 115 Å². The summed E-state index contributed by atoms with van der Waals surface area (Å²) in [6.07, 6.45) is 3.63. The van der Waals surface area contributed by atoms with Gasteiger partial charge in [0.15, 0.2) is 23.0 Å². The molecule has 2 heterocycles. The molecule has 3 aromatic carbocycles. The molecule has 3 aromatic rings. The summed E-state index contributed by atoms with van der Waals surface area (Å²) in [4.78, 5) is 2.63. The van der Waals surface area contributed by atoms with Crippen LogP contribution in [0.1, 0.15) is 24.0 Å². The molecule has 2 N–H and O–H groups in total. The summed E-state index contributed by atoms with van der Waals surface area (Å²) < 4.78 is 54.1. The third-order valence-corrected chi connectivity index (χ3v) is 6.65. The Bertz CT molecular complexity index is 1240. The average molecular weight is 492 g/mol. The van der Waals surface area contributed by atoms with Crippen molar-refractivity contribution in [3.05, 3.63) is 35.4 Å². The Morgan fingerprint density at radius 2 is 1.18 bits per heavy atom. The van der Waals surface area contributed by atoms with Gasteiger partial charge >= 0.3 is 10.4 Å². The first-order chi connectivity index (χ1) is 16.2. The standard InChI is InChI=1S/C24H27NO4.H2O4S/c1-26-21-9-16-15-8-14-6-5-7-25(14)13-20(15)19-12-24(29-4)23(28-3)11-18(19)17(16)10-22(21)27-2;1-5(2,3)4/h9-12,14H,5-8,13H2,1-4H3;(H2,1,2,3,4)/t14-;/m0./s1. The zero-order valence-electron chi connectivity index (χ0n) is 19.6. The minimum absolute atomic E-state index is 0.636. The molecule has 1 atom stereocenters. The lowest BCUT2D eigenvalue weighted by Crippen LogP contribution is -2.35. The van der Waals surface area contributed by atoms with Crippen molar-refractivity contribution in [2.75, 3.05) is 35.0 Å². The van der Waals surface area contributed by atoms with Crippen molar-refractivity contribution in [3.8, 4) is 23.0 Å². The molecular weight excluding hydrogens is 462 g/mol. The molecule has 0 amide bonds. The molecule has 10 heteroatoms. The summed E-state index contributed by atoms with van der Waals surface area (Å²) in [5.74, 6) is 3.03. The molecule has 1 fully saturated rings. The molecule has 0 saturated carbocycles. The molecule has 0 spiro atoms. The normalized spacial score (nSPS) is 17.5. The van der Waals surface area contributed by atoms with Crippen LogP contribution < -0.4 is 18.9 Å². The Kier molecular flexibility index (Phi) is 6.77. The largest absolute Gasteiger partial charge is 0.493 e. The van der Waals surface area contributed by atoms with E-state index < -0.39 is 10.4 Å². The number of fused-ring (bicyclic) bond motifs is 7. The van der Waals surface area contributed by atoms with Gasteiger partial charge in [0.25, 0.3) is 0 Å². The first kappa shape index (κ1) is 24.3. The number of methoxy groups -OCH3 is 4. The summed E-state index contributed by atoms with van der Waals surface area (Å²) >= 11 is 0. The van der Waals surface area contributed by atoms with Crippen LogP contribution in [0.15, 0.2) is 24.3 Å². The Hall–Kier alpha value is -2.79. The zero-order chi connectivity index (χ0) is 24.6. The summed E-state index contributed by atoms with van der Waals surface area (Å²) in [6.45, 7) is 2.17. The van der Waals surface area contributed by atoms with Gasteiger partial charge in [-0.3, -0.25) is 14.0 Å². The van der Waals surface area contributed by atoms with Gasteiger partial charge in [-0.1, -0.05) is 0 Å². The molecule has 184 valence electrons. The van der Waals surface area contributed by atoms with Gasteiger partial charge in [0.1, 0.15) is 0 Å². The maximum absolute atomic E-state index is 8.74. The van der Waals surface area contributed by atoms with E-state index in [1.54, 1.807) is 28.4 Å². The Labute approximate surface area is 198 Å². The van der Waals surface area contributed by atoms with Crippen LogP contribution in [0, 0.1) is 0 Å². The molecule has 1 saturated heterocycles. The molecule has 5 rings (SSSR count). The maximum atomic E-state index is 8.74. The van der Waals surface area contributed by atoms with E-state index in [2.05, 4.69) is 29.2 Å². The molecule has 0 radical (unpaired) electrons. The van der Waals surface area contributed by atoms with Crippen LogP contribution >= 0.6 is 0 Å². The third-order valence-electron chi connectivity index (χ3n) is 6.65. The first-order valence-corrected chi connectivity index (χ1v) is 12.3. The third kappa shape index (κ3) is 4.58. The maximum Gasteiger partial charge on any atom is 0.394 e. The Morgan fingerprint density at radius 3 is 1.62 bits per heavy atom. The van der Waals surface area contributed by atoms with E-state index in [1.807, 2.05) is 0 Å². The highest BCUT2D eigenvalue weighted by Crippen LogP contribution is 2.46. The first-order valence-electron chi connectivity index (χ1n) is 10.9. The molecule has 0 aliphatic carbocycles. The molecule has 2 aliphatic rings. The van der Waals surface area contributed by atoms with Crippen LogP contribution in [0.5, 0.6) is 23.0 Å². The van der Waals surface area contributed by atoms with E-state index in [-0.39, 0.29) is 0 Å². The minimum Gasteiger partial charge on any atom is -0.493 e. The molecule has 0 bridgehead atoms.